The molecular formula is C17H14N6O6. The molecule has 12 nitrogen and oxygen atoms in total. The molecule has 2 aromatic heterocycles. The summed E-state index contributed by atoms with van der Waals surface area (Å²) in [6.07, 6.45) is 1.09. The minimum atomic E-state index is -1.35. The number of nitrogens with one attached hydrogen (secondary N) is 1. The van der Waals surface area contributed by atoms with Crippen LogP contribution in [0.2, 0.25) is 0 Å². The molecule has 3 aromatic rings. The summed E-state index contributed by atoms with van der Waals surface area (Å²) in [5.41, 5.74) is 5.31. The van der Waals surface area contributed by atoms with E-state index < -0.39 is 29.8 Å². The van der Waals surface area contributed by atoms with Gasteiger partial charge in [0.1, 0.15) is 18.1 Å². The Morgan fingerprint density at radius 3 is 2.48 bits per heavy atom. The van der Waals surface area contributed by atoms with Crippen LogP contribution < -0.4 is 11.1 Å². The van der Waals surface area contributed by atoms with Crippen molar-refractivity contribution in [1.29, 1.82) is 0 Å². The first kappa shape index (κ1) is 19.4. The van der Waals surface area contributed by atoms with Crippen molar-refractivity contribution in [3.8, 4) is 0 Å². The number of rotatable bonds is 6. The number of carboxylic acid groups (broad SMARTS) is 1. The van der Waals surface area contributed by atoms with Crippen molar-refractivity contribution in [3.05, 3.63) is 59.2 Å². The SMILES string of the molecule is COC(=O)c1ccc([C@@H](NC(=O)c2cc(C(=O)O)n3ncnc3n2)C(N)=O)cc1. The summed E-state index contributed by atoms with van der Waals surface area (Å²) in [6.45, 7) is 0. The molecule has 1 atom stereocenters. The van der Waals surface area contributed by atoms with Crippen molar-refractivity contribution < 1.29 is 29.0 Å². The number of methoxy groups -OCH3 is 1. The van der Waals surface area contributed by atoms with E-state index in [0.717, 1.165) is 16.9 Å². The molecule has 12 heteroatoms. The highest BCUT2D eigenvalue weighted by atomic mass is 16.5. The fraction of sp³-hybridized carbons (Fsp3) is 0.118. The Hall–Kier alpha value is -4.35. The van der Waals surface area contributed by atoms with E-state index in [1.165, 1.54) is 31.4 Å². The van der Waals surface area contributed by atoms with Gasteiger partial charge in [0.25, 0.3) is 11.7 Å². The molecule has 0 unspecified atom stereocenters. The molecule has 0 saturated heterocycles. The quantitative estimate of drug-likeness (QED) is 0.464. The molecule has 0 aliphatic rings. The number of nitrogens with zero attached hydrogens (tertiary/aromatic N) is 4. The van der Waals surface area contributed by atoms with Gasteiger partial charge in [-0.05, 0) is 17.7 Å². The molecule has 0 saturated carbocycles. The summed E-state index contributed by atoms with van der Waals surface area (Å²) in [6, 6.07) is 5.43. The maximum atomic E-state index is 12.6. The zero-order valence-corrected chi connectivity index (χ0v) is 14.9. The van der Waals surface area contributed by atoms with Crippen molar-refractivity contribution >= 4 is 29.5 Å². The number of aromatic nitrogens is 4. The molecule has 3 rings (SSSR count). The number of carboxylic acids is 1. The molecule has 2 heterocycles. The number of benzene rings is 1. The van der Waals surface area contributed by atoms with Crippen LogP contribution in [0.15, 0.2) is 36.7 Å². The van der Waals surface area contributed by atoms with Gasteiger partial charge >= 0.3 is 11.9 Å². The van der Waals surface area contributed by atoms with Crippen molar-refractivity contribution in [1.82, 2.24) is 24.9 Å². The van der Waals surface area contributed by atoms with Crippen LogP contribution in [0.1, 0.15) is 42.9 Å². The number of nitrogens with two attached hydrogens (primary N) is 1. The van der Waals surface area contributed by atoms with Gasteiger partial charge in [0.15, 0.2) is 5.69 Å². The third-order valence-corrected chi connectivity index (χ3v) is 3.93. The first-order valence-electron chi connectivity index (χ1n) is 8.04. The molecule has 1 aromatic carbocycles. The van der Waals surface area contributed by atoms with E-state index >= 15 is 0 Å². The van der Waals surface area contributed by atoms with Crippen LogP contribution in [0, 0.1) is 0 Å². The van der Waals surface area contributed by atoms with Gasteiger partial charge < -0.3 is 20.9 Å². The fourth-order valence-electron chi connectivity index (χ4n) is 2.53. The monoisotopic (exact) mass is 398 g/mol. The second kappa shape index (κ2) is 7.72. The van der Waals surface area contributed by atoms with Crippen molar-refractivity contribution in [3.63, 3.8) is 0 Å². The molecule has 29 heavy (non-hydrogen) atoms. The number of primary amides is 1. The van der Waals surface area contributed by atoms with Crippen LogP contribution in [0.25, 0.3) is 5.78 Å². The molecule has 0 fully saturated rings. The lowest BCUT2D eigenvalue weighted by atomic mass is 10.0. The lowest BCUT2D eigenvalue weighted by Crippen LogP contribution is -2.38. The number of hydrogen-bond acceptors (Lipinski definition) is 8. The molecular weight excluding hydrogens is 384 g/mol. The smallest absolute Gasteiger partial charge is 0.354 e. The van der Waals surface area contributed by atoms with Crippen LogP contribution in [0.5, 0.6) is 0 Å². The Kier molecular flexibility index (Phi) is 5.17. The lowest BCUT2D eigenvalue weighted by molar-refractivity contribution is -0.120. The van der Waals surface area contributed by atoms with Gasteiger partial charge in [-0.3, -0.25) is 9.59 Å². The highest BCUT2D eigenvalue weighted by molar-refractivity contribution is 5.98. The number of ether oxygens (including phenoxy) is 1. The second-order valence-electron chi connectivity index (χ2n) is 5.73. The highest BCUT2D eigenvalue weighted by Crippen LogP contribution is 2.16. The number of amides is 2. The zero-order valence-electron chi connectivity index (χ0n) is 14.9. The van der Waals surface area contributed by atoms with Crippen LogP contribution in [-0.4, -0.2) is 55.6 Å². The fourth-order valence-corrected chi connectivity index (χ4v) is 2.53. The van der Waals surface area contributed by atoms with Crippen LogP contribution in [-0.2, 0) is 9.53 Å². The summed E-state index contributed by atoms with van der Waals surface area (Å²) < 4.78 is 5.55. The standard InChI is InChI=1S/C17H14N6O6/c1-29-16(28)9-4-2-8(3-5-9)12(13(18)24)22-14(25)10-6-11(15(26)27)23-17(21-10)19-7-20-23/h2-7,12H,1H3,(H2,18,24)(H,22,25)(H,26,27)/t12-/m1/s1. The second-order valence-corrected chi connectivity index (χ2v) is 5.73. The average Bonchev–Trinajstić information content (AvgIpc) is 3.18. The van der Waals surface area contributed by atoms with Crippen LogP contribution in [0.4, 0.5) is 0 Å². The maximum absolute atomic E-state index is 12.6. The number of hydrogen-bond donors (Lipinski definition) is 3. The van der Waals surface area contributed by atoms with E-state index in [9.17, 15) is 24.3 Å². The van der Waals surface area contributed by atoms with Gasteiger partial charge in [0.05, 0.1) is 12.7 Å². The molecule has 148 valence electrons. The van der Waals surface area contributed by atoms with E-state index in [4.69, 9.17) is 5.73 Å². The topological polar surface area (TPSA) is 179 Å². The largest absolute Gasteiger partial charge is 0.477 e. The number of carbonyl (C=O) groups excluding carboxylic acids is 3. The summed E-state index contributed by atoms with van der Waals surface area (Å²) in [5.74, 6) is -3.73. The minimum absolute atomic E-state index is 0.104. The number of aromatic carboxylic acids is 1. The van der Waals surface area contributed by atoms with Gasteiger partial charge in [-0.2, -0.15) is 14.6 Å². The molecule has 0 radical (unpaired) electrons. The molecule has 0 aliphatic heterocycles. The summed E-state index contributed by atoms with van der Waals surface area (Å²) in [4.78, 5) is 55.1. The average molecular weight is 398 g/mol. The first-order chi connectivity index (χ1) is 13.8. The van der Waals surface area contributed by atoms with Crippen LogP contribution in [0.3, 0.4) is 0 Å². The van der Waals surface area contributed by atoms with Crippen molar-refractivity contribution in [2.75, 3.05) is 7.11 Å². The number of carbonyl (C=O) groups is 4. The van der Waals surface area contributed by atoms with Gasteiger partial charge in [-0.1, -0.05) is 12.1 Å². The summed E-state index contributed by atoms with van der Waals surface area (Å²) in [5, 5.41) is 15.4. The Morgan fingerprint density at radius 2 is 1.90 bits per heavy atom. The van der Waals surface area contributed by atoms with Gasteiger partial charge in [0.2, 0.25) is 5.91 Å². The van der Waals surface area contributed by atoms with Crippen molar-refractivity contribution in [2.45, 2.75) is 6.04 Å². The zero-order chi connectivity index (χ0) is 21.1. The van der Waals surface area contributed by atoms with Gasteiger partial charge in [0, 0.05) is 6.07 Å². The third-order valence-electron chi connectivity index (χ3n) is 3.93. The minimum Gasteiger partial charge on any atom is -0.477 e. The lowest BCUT2D eigenvalue weighted by Gasteiger charge is -2.16. The van der Waals surface area contributed by atoms with Gasteiger partial charge in [-0.25, -0.2) is 14.6 Å². The van der Waals surface area contributed by atoms with E-state index in [1.54, 1.807) is 0 Å². The number of esters is 1. The third kappa shape index (κ3) is 3.85. The van der Waals surface area contributed by atoms with E-state index in [0.29, 0.717) is 5.56 Å². The predicted molar refractivity (Wildman–Crippen MR) is 94.9 cm³/mol. The highest BCUT2D eigenvalue weighted by Gasteiger charge is 2.24. The Morgan fingerprint density at radius 1 is 1.21 bits per heavy atom. The molecule has 0 bridgehead atoms. The van der Waals surface area contributed by atoms with Crippen molar-refractivity contribution in [2.24, 2.45) is 5.73 Å². The summed E-state index contributed by atoms with van der Waals surface area (Å²) in [7, 11) is 1.23. The van der Waals surface area contributed by atoms with E-state index in [2.05, 4.69) is 25.1 Å². The van der Waals surface area contributed by atoms with E-state index in [-0.39, 0.29) is 22.7 Å². The van der Waals surface area contributed by atoms with Gasteiger partial charge in [-0.15, -0.1) is 0 Å². The first-order valence-corrected chi connectivity index (χ1v) is 8.04. The van der Waals surface area contributed by atoms with E-state index in [1.807, 2.05) is 0 Å². The predicted octanol–water partition coefficient (Wildman–Crippen LogP) is -0.434. The van der Waals surface area contributed by atoms with Crippen LogP contribution >= 0.6 is 0 Å². The Bertz CT molecular complexity index is 1120. The Labute approximate surface area is 162 Å². The maximum Gasteiger partial charge on any atom is 0.354 e. The molecule has 2 amide bonds. The molecule has 0 aliphatic carbocycles. The number of fused-ring (bicyclic) bond motifs is 1. The normalized spacial score (nSPS) is 11.6. The Balaban J connectivity index is 1.90. The summed E-state index contributed by atoms with van der Waals surface area (Å²) >= 11 is 0. The molecule has 4 N–H and O–H groups in total. The molecule has 0 spiro atoms.